The molecule has 10 heavy (non-hydrogen) atoms. The van der Waals surface area contributed by atoms with E-state index in [4.69, 9.17) is 4.52 Å². The van der Waals surface area contributed by atoms with Crippen molar-refractivity contribution in [2.24, 2.45) is 0 Å². The van der Waals surface area contributed by atoms with Crippen molar-refractivity contribution >= 4 is 29.3 Å². The van der Waals surface area contributed by atoms with Gasteiger partial charge in [-0.05, 0) is 18.4 Å². The van der Waals surface area contributed by atoms with Crippen molar-refractivity contribution in [1.82, 2.24) is 0 Å². The minimum Gasteiger partial charge on any atom is -0.339 e. The van der Waals surface area contributed by atoms with Gasteiger partial charge in [0, 0.05) is 0 Å². The summed E-state index contributed by atoms with van der Waals surface area (Å²) in [5, 5.41) is 0. The monoisotopic (exact) mass is 198 g/mol. The fourth-order valence-corrected chi connectivity index (χ4v) is 6.42. The molecule has 0 rings (SSSR count). The van der Waals surface area contributed by atoms with Gasteiger partial charge >= 0.3 is 0 Å². The maximum atomic E-state index is 5.51. The Balaban J connectivity index is 3.30. The van der Waals surface area contributed by atoms with E-state index in [1.54, 1.807) is 0 Å². The normalized spacial score (nSPS) is 10.8. The van der Waals surface area contributed by atoms with E-state index >= 15 is 0 Å². The molecule has 0 fully saturated rings. The molecule has 62 valence electrons. The SMILES string of the molecule is CCOP(SCC)SCC. The van der Waals surface area contributed by atoms with Crippen molar-refractivity contribution < 1.29 is 4.52 Å². The van der Waals surface area contributed by atoms with Crippen LogP contribution in [-0.2, 0) is 4.52 Å². The second-order valence-electron chi connectivity index (χ2n) is 1.48. The molecule has 0 aliphatic rings. The van der Waals surface area contributed by atoms with Gasteiger partial charge in [-0.2, -0.15) is 0 Å². The second kappa shape index (κ2) is 8.19. The van der Waals surface area contributed by atoms with Crippen molar-refractivity contribution in [2.45, 2.75) is 20.8 Å². The van der Waals surface area contributed by atoms with Crippen molar-refractivity contribution in [3.63, 3.8) is 0 Å². The molecule has 0 spiro atoms. The van der Waals surface area contributed by atoms with Crippen molar-refractivity contribution in [3.05, 3.63) is 0 Å². The third-order valence-corrected chi connectivity index (χ3v) is 7.45. The summed E-state index contributed by atoms with van der Waals surface area (Å²) < 4.78 is 5.51. The van der Waals surface area contributed by atoms with Crippen LogP contribution in [-0.4, -0.2) is 18.1 Å². The molecule has 0 N–H and O–H groups in total. The van der Waals surface area contributed by atoms with Crippen LogP contribution in [0.3, 0.4) is 0 Å². The van der Waals surface area contributed by atoms with Gasteiger partial charge in [-0.1, -0.05) is 36.6 Å². The Morgan fingerprint density at radius 3 is 1.90 bits per heavy atom. The molecule has 0 radical (unpaired) electrons. The van der Waals surface area contributed by atoms with E-state index in [1.165, 1.54) is 11.5 Å². The van der Waals surface area contributed by atoms with E-state index in [-0.39, 0.29) is 6.55 Å². The molecule has 0 heterocycles. The van der Waals surface area contributed by atoms with Gasteiger partial charge in [-0.25, -0.2) is 0 Å². The summed E-state index contributed by atoms with van der Waals surface area (Å²) in [6.07, 6.45) is 0. The average Bonchev–Trinajstić information content (AvgIpc) is 1.90. The number of hydrogen-bond acceptors (Lipinski definition) is 3. The molecule has 0 saturated heterocycles. The van der Waals surface area contributed by atoms with Gasteiger partial charge in [-0.15, -0.1) is 0 Å². The molecule has 0 atom stereocenters. The number of rotatable bonds is 6. The van der Waals surface area contributed by atoms with E-state index in [0.29, 0.717) is 0 Å². The van der Waals surface area contributed by atoms with Crippen LogP contribution in [0, 0.1) is 0 Å². The first kappa shape index (κ1) is 11.1. The molecule has 0 unspecified atom stereocenters. The Morgan fingerprint density at radius 2 is 1.60 bits per heavy atom. The summed E-state index contributed by atoms with van der Waals surface area (Å²) in [7, 11) is 0. The Hall–Kier alpha value is 1.09. The predicted molar refractivity (Wildman–Crippen MR) is 54.8 cm³/mol. The molecule has 4 heteroatoms. The summed E-state index contributed by atoms with van der Waals surface area (Å²) in [4.78, 5) is 0. The summed E-state index contributed by atoms with van der Waals surface area (Å²) in [6.45, 7) is 7.03. The van der Waals surface area contributed by atoms with Crippen molar-refractivity contribution in [2.75, 3.05) is 18.1 Å². The molecule has 0 saturated carbocycles. The molecule has 0 aromatic carbocycles. The van der Waals surface area contributed by atoms with Crippen molar-refractivity contribution in [3.8, 4) is 0 Å². The lowest BCUT2D eigenvalue weighted by Gasteiger charge is -2.11. The smallest absolute Gasteiger partial charge is 0.151 e. The van der Waals surface area contributed by atoms with Gasteiger partial charge in [0.25, 0.3) is 0 Å². The standard InChI is InChI=1S/C6H15OPS2/c1-4-7-8(9-5-2)10-6-3/h4-6H2,1-3H3. The molecule has 1 nitrogen and oxygen atoms in total. The fourth-order valence-electron chi connectivity index (χ4n) is 0.428. The fraction of sp³-hybridized carbons (Fsp3) is 1.00. The minimum atomic E-state index is -0.228. The maximum absolute atomic E-state index is 5.51. The second-order valence-corrected chi connectivity index (χ2v) is 8.09. The van der Waals surface area contributed by atoms with E-state index in [1.807, 2.05) is 22.8 Å². The zero-order valence-electron chi connectivity index (χ0n) is 6.79. The van der Waals surface area contributed by atoms with Gasteiger partial charge < -0.3 is 4.52 Å². The Morgan fingerprint density at radius 1 is 1.10 bits per heavy atom. The van der Waals surface area contributed by atoms with Crippen molar-refractivity contribution in [1.29, 1.82) is 0 Å². The average molecular weight is 198 g/mol. The van der Waals surface area contributed by atoms with Crippen LogP contribution in [0.4, 0.5) is 0 Å². The lowest BCUT2D eigenvalue weighted by atomic mass is 10.9. The molecule has 0 aliphatic carbocycles. The van der Waals surface area contributed by atoms with Gasteiger partial charge in [0.2, 0.25) is 0 Å². The predicted octanol–water partition coefficient (Wildman–Crippen LogP) is 3.76. The molecule has 0 amide bonds. The first-order valence-corrected chi connectivity index (χ1v) is 7.98. The lowest BCUT2D eigenvalue weighted by Crippen LogP contribution is -1.78. The largest absolute Gasteiger partial charge is 0.339 e. The van der Waals surface area contributed by atoms with Crippen LogP contribution in [0.2, 0.25) is 0 Å². The first-order chi connectivity index (χ1) is 4.85. The molecular formula is C6H15OPS2. The lowest BCUT2D eigenvalue weighted by molar-refractivity contribution is 0.394. The van der Waals surface area contributed by atoms with E-state index in [0.717, 1.165) is 6.61 Å². The summed E-state index contributed by atoms with van der Waals surface area (Å²) in [5.41, 5.74) is 0. The Kier molecular flexibility index (Phi) is 9.08. The zero-order valence-corrected chi connectivity index (χ0v) is 9.32. The third-order valence-electron chi connectivity index (χ3n) is 0.704. The Labute approximate surface area is 73.0 Å². The first-order valence-electron chi connectivity index (χ1n) is 3.54. The van der Waals surface area contributed by atoms with Crippen LogP contribution in [0.25, 0.3) is 0 Å². The summed E-state index contributed by atoms with van der Waals surface area (Å²) >= 11 is 3.86. The molecule has 0 aromatic heterocycles. The van der Waals surface area contributed by atoms with Gasteiger partial charge in [-0.3, -0.25) is 0 Å². The van der Waals surface area contributed by atoms with Crippen LogP contribution in [0.5, 0.6) is 0 Å². The topological polar surface area (TPSA) is 9.23 Å². The van der Waals surface area contributed by atoms with Gasteiger partial charge in [0.15, 0.2) is 6.55 Å². The highest BCUT2D eigenvalue weighted by Crippen LogP contribution is 2.61. The van der Waals surface area contributed by atoms with Crippen LogP contribution in [0.1, 0.15) is 20.8 Å². The maximum Gasteiger partial charge on any atom is 0.151 e. The quantitative estimate of drug-likeness (QED) is 0.601. The number of hydrogen-bond donors (Lipinski definition) is 0. The molecule has 0 bridgehead atoms. The van der Waals surface area contributed by atoms with Crippen LogP contribution >= 0.6 is 29.3 Å². The zero-order chi connectivity index (χ0) is 7.82. The van der Waals surface area contributed by atoms with Crippen LogP contribution in [0.15, 0.2) is 0 Å². The molecule has 0 aromatic rings. The van der Waals surface area contributed by atoms with Crippen LogP contribution < -0.4 is 0 Å². The third kappa shape index (κ3) is 5.84. The van der Waals surface area contributed by atoms with Gasteiger partial charge in [0.1, 0.15) is 0 Å². The minimum absolute atomic E-state index is 0.228. The molecule has 0 aliphatic heterocycles. The Bertz CT molecular complexity index is 58.5. The highest BCUT2D eigenvalue weighted by molar-refractivity contribution is 8.86. The van der Waals surface area contributed by atoms with E-state index < -0.39 is 0 Å². The summed E-state index contributed by atoms with van der Waals surface area (Å²) in [5.74, 6) is 2.33. The highest BCUT2D eigenvalue weighted by atomic mass is 33.1. The highest BCUT2D eigenvalue weighted by Gasteiger charge is 2.06. The molecular weight excluding hydrogens is 183 g/mol. The van der Waals surface area contributed by atoms with E-state index in [9.17, 15) is 0 Å². The van der Waals surface area contributed by atoms with E-state index in [2.05, 4.69) is 20.8 Å². The van der Waals surface area contributed by atoms with Gasteiger partial charge in [0.05, 0.1) is 6.61 Å². The summed E-state index contributed by atoms with van der Waals surface area (Å²) in [6, 6.07) is 0.